The molecule has 3 N–H and O–H groups in total. The van der Waals surface area contributed by atoms with Crippen LogP contribution in [0.25, 0.3) is 5.65 Å². The zero-order valence-corrected chi connectivity index (χ0v) is 19.6. The standard InChI is InChI=1S/C24H29N7O4/c1-25-20-13-19(29-21-17(14-26-31(20)21)22(32)27-15-4-5-15)28-18-3-2-10-30(23(18)33)16-6-8-24(9-7-16)34-11-12-35-24/h2-3,10,13-16,25H,4-9,11-12H2,1H3,(H,27,32)(H,28,29). The summed E-state index contributed by atoms with van der Waals surface area (Å²) in [6.07, 6.45) is 8.52. The third kappa shape index (κ3) is 4.14. The van der Waals surface area contributed by atoms with Crippen LogP contribution in [0, 0.1) is 0 Å². The zero-order chi connectivity index (χ0) is 24.0. The average molecular weight is 480 g/mol. The van der Waals surface area contributed by atoms with Gasteiger partial charge in [-0.1, -0.05) is 0 Å². The highest BCUT2D eigenvalue weighted by atomic mass is 16.7. The molecule has 0 radical (unpaired) electrons. The predicted octanol–water partition coefficient (Wildman–Crippen LogP) is 2.43. The summed E-state index contributed by atoms with van der Waals surface area (Å²) in [5.41, 5.74) is 1.12. The summed E-state index contributed by atoms with van der Waals surface area (Å²) in [4.78, 5) is 30.7. The van der Waals surface area contributed by atoms with E-state index in [-0.39, 0.29) is 23.6 Å². The maximum atomic E-state index is 13.4. The Balaban J connectivity index is 1.27. The molecule has 3 aromatic heterocycles. The molecule has 1 amide bonds. The molecule has 35 heavy (non-hydrogen) atoms. The number of amides is 1. The van der Waals surface area contributed by atoms with Gasteiger partial charge in [-0.25, -0.2) is 4.98 Å². The van der Waals surface area contributed by atoms with Crippen molar-refractivity contribution in [3.05, 3.63) is 46.5 Å². The lowest BCUT2D eigenvalue weighted by atomic mass is 9.90. The Kier molecular flexibility index (Phi) is 5.45. The first-order valence-electron chi connectivity index (χ1n) is 12.2. The van der Waals surface area contributed by atoms with Crippen LogP contribution in [0.3, 0.4) is 0 Å². The summed E-state index contributed by atoms with van der Waals surface area (Å²) in [6.45, 7) is 1.27. The Hall–Kier alpha value is -3.44. The number of aromatic nitrogens is 4. The van der Waals surface area contributed by atoms with Crippen molar-refractivity contribution in [1.82, 2.24) is 24.5 Å². The molecule has 3 aliphatic rings. The number of nitrogens with zero attached hydrogens (tertiary/aromatic N) is 4. The number of nitrogens with one attached hydrogen (secondary N) is 3. The first-order valence-corrected chi connectivity index (χ1v) is 12.2. The number of hydrogen-bond donors (Lipinski definition) is 3. The number of carbonyl (C=O) groups is 1. The number of rotatable bonds is 6. The lowest BCUT2D eigenvalue weighted by Gasteiger charge is -2.36. The molecule has 6 rings (SSSR count). The minimum absolute atomic E-state index is 0.0820. The van der Waals surface area contributed by atoms with E-state index in [1.165, 1.54) is 6.20 Å². The van der Waals surface area contributed by atoms with E-state index in [1.54, 1.807) is 28.3 Å². The molecule has 0 bridgehead atoms. The molecule has 1 aliphatic heterocycles. The topological polar surface area (TPSA) is 124 Å². The van der Waals surface area contributed by atoms with Crippen LogP contribution in [0.5, 0.6) is 0 Å². The molecule has 1 saturated heterocycles. The Morgan fingerprint density at radius 2 is 1.94 bits per heavy atom. The van der Waals surface area contributed by atoms with Crippen LogP contribution in [0.2, 0.25) is 0 Å². The summed E-state index contributed by atoms with van der Waals surface area (Å²) < 4.78 is 15.0. The van der Waals surface area contributed by atoms with Gasteiger partial charge in [0.1, 0.15) is 22.9 Å². The van der Waals surface area contributed by atoms with Gasteiger partial charge < -0.3 is 30.0 Å². The van der Waals surface area contributed by atoms with E-state index in [0.717, 1.165) is 38.5 Å². The lowest BCUT2D eigenvalue weighted by molar-refractivity contribution is -0.181. The van der Waals surface area contributed by atoms with E-state index < -0.39 is 5.79 Å². The van der Waals surface area contributed by atoms with Crippen LogP contribution in [0.1, 0.15) is 54.9 Å². The number of ether oxygens (including phenoxy) is 2. The van der Waals surface area contributed by atoms with E-state index in [1.807, 2.05) is 12.3 Å². The molecule has 184 valence electrons. The van der Waals surface area contributed by atoms with E-state index >= 15 is 0 Å². The molecule has 1 spiro atoms. The van der Waals surface area contributed by atoms with Crippen molar-refractivity contribution in [2.75, 3.05) is 30.9 Å². The minimum Gasteiger partial charge on any atom is -0.373 e. The highest BCUT2D eigenvalue weighted by molar-refractivity contribution is 6.00. The molecule has 3 aromatic rings. The maximum absolute atomic E-state index is 13.4. The maximum Gasteiger partial charge on any atom is 0.274 e. The Morgan fingerprint density at radius 3 is 2.66 bits per heavy atom. The van der Waals surface area contributed by atoms with Gasteiger partial charge in [0.05, 0.1) is 19.4 Å². The summed E-state index contributed by atoms with van der Waals surface area (Å²) >= 11 is 0. The van der Waals surface area contributed by atoms with Crippen LogP contribution in [0.15, 0.2) is 35.4 Å². The van der Waals surface area contributed by atoms with E-state index in [2.05, 4.69) is 26.0 Å². The van der Waals surface area contributed by atoms with E-state index in [4.69, 9.17) is 9.47 Å². The summed E-state index contributed by atoms with van der Waals surface area (Å²) in [5, 5.41) is 13.6. The highest BCUT2D eigenvalue weighted by Crippen LogP contribution is 2.39. The predicted molar refractivity (Wildman–Crippen MR) is 129 cm³/mol. The molecule has 11 heteroatoms. The quantitative estimate of drug-likeness (QED) is 0.493. The monoisotopic (exact) mass is 479 g/mol. The smallest absolute Gasteiger partial charge is 0.274 e. The fourth-order valence-corrected chi connectivity index (χ4v) is 4.99. The molecule has 3 fully saturated rings. The third-order valence-electron chi connectivity index (χ3n) is 7.05. The fraction of sp³-hybridized carbons (Fsp3) is 0.500. The summed E-state index contributed by atoms with van der Waals surface area (Å²) in [7, 11) is 1.77. The second-order valence-electron chi connectivity index (χ2n) is 9.42. The number of fused-ring (bicyclic) bond motifs is 1. The largest absolute Gasteiger partial charge is 0.373 e. The van der Waals surface area contributed by atoms with Crippen LogP contribution < -0.4 is 21.5 Å². The summed E-state index contributed by atoms with van der Waals surface area (Å²) in [6, 6.07) is 5.68. The first-order chi connectivity index (χ1) is 17.0. The lowest BCUT2D eigenvalue weighted by Crippen LogP contribution is -2.38. The van der Waals surface area contributed by atoms with Crippen LogP contribution >= 0.6 is 0 Å². The van der Waals surface area contributed by atoms with Crippen molar-refractivity contribution in [3.8, 4) is 0 Å². The van der Waals surface area contributed by atoms with Crippen LogP contribution in [-0.2, 0) is 9.47 Å². The van der Waals surface area contributed by atoms with Gasteiger partial charge in [0.25, 0.3) is 11.5 Å². The van der Waals surface area contributed by atoms with Crippen molar-refractivity contribution >= 4 is 28.9 Å². The van der Waals surface area contributed by atoms with Gasteiger partial charge in [-0.2, -0.15) is 9.61 Å². The van der Waals surface area contributed by atoms with Gasteiger partial charge in [-0.15, -0.1) is 0 Å². The molecule has 2 saturated carbocycles. The molecule has 4 heterocycles. The van der Waals surface area contributed by atoms with Gasteiger partial charge in [0.2, 0.25) is 0 Å². The van der Waals surface area contributed by atoms with Crippen molar-refractivity contribution in [3.63, 3.8) is 0 Å². The van der Waals surface area contributed by atoms with Gasteiger partial charge in [-0.3, -0.25) is 9.59 Å². The third-order valence-corrected chi connectivity index (χ3v) is 7.05. The molecule has 0 aromatic carbocycles. The second kappa shape index (κ2) is 8.65. The Bertz CT molecular complexity index is 1310. The number of pyridine rings is 1. The number of hydrogen-bond acceptors (Lipinski definition) is 8. The zero-order valence-electron chi connectivity index (χ0n) is 19.6. The molecule has 2 aliphatic carbocycles. The Labute approximate surface area is 201 Å². The van der Waals surface area contributed by atoms with Gasteiger partial charge in [-0.05, 0) is 37.8 Å². The molecule has 11 nitrogen and oxygen atoms in total. The van der Waals surface area contributed by atoms with E-state index in [9.17, 15) is 9.59 Å². The first kappa shape index (κ1) is 22.1. The molecule has 0 atom stereocenters. The average Bonchev–Trinajstić information content (AvgIpc) is 3.39. The normalized spacial score (nSPS) is 19.8. The molecular weight excluding hydrogens is 450 g/mol. The molecular formula is C24H29N7O4. The van der Waals surface area contributed by atoms with Crippen LogP contribution in [0.4, 0.5) is 17.3 Å². The van der Waals surface area contributed by atoms with Crippen molar-refractivity contribution in [2.45, 2.75) is 56.4 Å². The van der Waals surface area contributed by atoms with Crippen molar-refractivity contribution in [2.24, 2.45) is 0 Å². The van der Waals surface area contributed by atoms with Gasteiger partial charge in [0.15, 0.2) is 11.4 Å². The second-order valence-corrected chi connectivity index (χ2v) is 9.42. The SMILES string of the molecule is CNc1cc(Nc2cccn(C3CCC4(CC3)OCCO4)c2=O)nc2c(C(=O)NC3CC3)cnn12. The Morgan fingerprint density at radius 1 is 1.17 bits per heavy atom. The van der Waals surface area contributed by atoms with Gasteiger partial charge in [0, 0.05) is 44.2 Å². The van der Waals surface area contributed by atoms with E-state index in [0.29, 0.717) is 41.7 Å². The highest BCUT2D eigenvalue weighted by Gasteiger charge is 2.40. The minimum atomic E-state index is -0.465. The van der Waals surface area contributed by atoms with Crippen molar-refractivity contribution in [1.29, 1.82) is 0 Å². The van der Waals surface area contributed by atoms with Crippen LogP contribution in [-0.4, -0.2) is 57.2 Å². The van der Waals surface area contributed by atoms with Crippen molar-refractivity contribution < 1.29 is 14.3 Å². The number of carbonyl (C=O) groups excluding carboxylic acids is 1. The number of anilines is 3. The summed E-state index contributed by atoms with van der Waals surface area (Å²) in [5.74, 6) is 0.441. The van der Waals surface area contributed by atoms with Gasteiger partial charge >= 0.3 is 0 Å². The molecule has 0 unspecified atom stereocenters. The fourth-order valence-electron chi connectivity index (χ4n) is 4.99.